The zero-order chi connectivity index (χ0) is 12.3. The third-order valence-electron chi connectivity index (χ3n) is 1.63. The van der Waals surface area contributed by atoms with Gasteiger partial charge in [-0.2, -0.15) is 8.78 Å². The summed E-state index contributed by atoms with van der Waals surface area (Å²) in [4.78, 5) is 21.2. The molecule has 0 unspecified atom stereocenters. The number of hydrogen-bond donors (Lipinski definition) is 2. The number of rotatable bonds is 4. The summed E-state index contributed by atoms with van der Waals surface area (Å²) < 4.78 is 27.7. The van der Waals surface area contributed by atoms with Gasteiger partial charge in [-0.1, -0.05) is 0 Å². The van der Waals surface area contributed by atoms with E-state index in [2.05, 4.69) is 4.74 Å². The van der Waals surface area contributed by atoms with Crippen molar-refractivity contribution in [1.29, 1.82) is 0 Å². The van der Waals surface area contributed by atoms with Crippen LogP contribution in [-0.2, 0) is 0 Å². The number of carboxylic acid groups (broad SMARTS) is 2. The van der Waals surface area contributed by atoms with Crippen LogP contribution < -0.4 is 4.74 Å². The molecular formula is C9H6F2O5. The Balaban J connectivity index is 3.18. The number of halogens is 2. The minimum absolute atomic E-state index is 0.435. The molecule has 0 aliphatic heterocycles. The van der Waals surface area contributed by atoms with E-state index in [9.17, 15) is 18.4 Å². The number of ether oxygens (including phenoxy) is 1. The van der Waals surface area contributed by atoms with Crippen LogP contribution in [0, 0.1) is 0 Å². The molecule has 16 heavy (non-hydrogen) atoms. The second kappa shape index (κ2) is 4.56. The van der Waals surface area contributed by atoms with Gasteiger partial charge < -0.3 is 14.9 Å². The van der Waals surface area contributed by atoms with Crippen LogP contribution in [0.2, 0.25) is 0 Å². The van der Waals surface area contributed by atoms with E-state index in [-0.39, 0.29) is 0 Å². The van der Waals surface area contributed by atoms with Gasteiger partial charge in [0, 0.05) is 0 Å². The molecule has 1 aromatic carbocycles. The predicted molar refractivity (Wildman–Crippen MR) is 47.0 cm³/mol. The molecule has 0 aliphatic carbocycles. The number of hydrogen-bond acceptors (Lipinski definition) is 3. The Bertz CT molecular complexity index is 398. The van der Waals surface area contributed by atoms with Crippen LogP contribution in [-0.4, -0.2) is 28.8 Å². The third-order valence-corrected chi connectivity index (χ3v) is 1.63. The molecule has 1 rings (SSSR count). The van der Waals surface area contributed by atoms with Gasteiger partial charge in [-0.3, -0.25) is 0 Å². The minimum atomic E-state index is -3.15. The molecule has 0 bridgehead atoms. The highest BCUT2D eigenvalue weighted by Gasteiger charge is 2.14. The Labute approximate surface area is 87.9 Å². The lowest BCUT2D eigenvalue weighted by Crippen LogP contribution is -2.07. The van der Waals surface area contributed by atoms with E-state index < -0.39 is 35.4 Å². The van der Waals surface area contributed by atoms with E-state index in [4.69, 9.17) is 10.2 Å². The van der Waals surface area contributed by atoms with Gasteiger partial charge in [0.15, 0.2) is 0 Å². The quantitative estimate of drug-likeness (QED) is 0.825. The van der Waals surface area contributed by atoms with Gasteiger partial charge in [0.1, 0.15) is 5.75 Å². The number of aromatic carboxylic acids is 2. The first-order valence-electron chi connectivity index (χ1n) is 3.96. The second-order valence-electron chi connectivity index (χ2n) is 2.73. The normalized spacial score (nSPS) is 10.2. The van der Waals surface area contributed by atoms with Crippen molar-refractivity contribution < 1.29 is 33.3 Å². The molecule has 0 heterocycles. The van der Waals surface area contributed by atoms with Crippen LogP contribution in [0.25, 0.3) is 0 Å². The summed E-state index contributed by atoms with van der Waals surface area (Å²) in [6.07, 6.45) is 0. The largest absolute Gasteiger partial charge is 0.478 e. The summed E-state index contributed by atoms with van der Waals surface area (Å²) in [7, 11) is 0. The Morgan fingerprint density at radius 2 is 1.50 bits per heavy atom. The molecule has 0 saturated heterocycles. The summed E-state index contributed by atoms with van der Waals surface area (Å²) >= 11 is 0. The van der Waals surface area contributed by atoms with Crippen LogP contribution in [0.4, 0.5) is 8.78 Å². The molecule has 7 heteroatoms. The van der Waals surface area contributed by atoms with E-state index in [1.54, 1.807) is 0 Å². The van der Waals surface area contributed by atoms with Gasteiger partial charge in [0.2, 0.25) is 0 Å². The summed E-state index contributed by atoms with van der Waals surface area (Å²) in [5.41, 5.74) is -0.869. The van der Waals surface area contributed by atoms with E-state index in [1.165, 1.54) is 0 Å². The smallest absolute Gasteiger partial charge is 0.387 e. The van der Waals surface area contributed by atoms with Crippen molar-refractivity contribution in [1.82, 2.24) is 0 Å². The van der Waals surface area contributed by atoms with Crippen LogP contribution in [0.15, 0.2) is 18.2 Å². The molecule has 0 saturated carbocycles. The molecule has 0 radical (unpaired) electrons. The minimum Gasteiger partial charge on any atom is -0.478 e. The van der Waals surface area contributed by atoms with Gasteiger partial charge in [-0.15, -0.1) is 0 Å². The third kappa shape index (κ3) is 2.91. The van der Waals surface area contributed by atoms with E-state index >= 15 is 0 Å². The molecule has 0 atom stereocenters. The van der Waals surface area contributed by atoms with Crippen LogP contribution >= 0.6 is 0 Å². The van der Waals surface area contributed by atoms with E-state index in [0.717, 1.165) is 18.2 Å². The summed E-state index contributed by atoms with van der Waals surface area (Å²) in [5, 5.41) is 17.2. The standard InChI is InChI=1S/C9H6F2O5/c10-9(11)16-6-2-4(7(12)13)1-5(3-6)8(14)15/h1-3,9H,(H,12,13)(H,14,15). The molecule has 0 spiro atoms. The van der Waals surface area contributed by atoms with Crippen molar-refractivity contribution in [2.75, 3.05) is 0 Å². The lowest BCUT2D eigenvalue weighted by Gasteiger charge is -2.06. The molecule has 2 N–H and O–H groups in total. The molecular weight excluding hydrogens is 226 g/mol. The van der Waals surface area contributed by atoms with Gasteiger partial charge in [0.25, 0.3) is 0 Å². The van der Waals surface area contributed by atoms with Crippen molar-refractivity contribution in [2.24, 2.45) is 0 Å². The van der Waals surface area contributed by atoms with Crippen molar-refractivity contribution in [2.45, 2.75) is 6.61 Å². The average Bonchev–Trinajstić information content (AvgIpc) is 2.15. The van der Waals surface area contributed by atoms with Gasteiger partial charge >= 0.3 is 18.6 Å². The highest BCUT2D eigenvalue weighted by Crippen LogP contribution is 2.19. The Kier molecular flexibility index (Phi) is 3.39. The predicted octanol–water partition coefficient (Wildman–Crippen LogP) is 1.68. The second-order valence-corrected chi connectivity index (χ2v) is 2.73. The van der Waals surface area contributed by atoms with Crippen molar-refractivity contribution in [3.05, 3.63) is 29.3 Å². The Morgan fingerprint density at radius 3 is 1.81 bits per heavy atom. The maximum absolute atomic E-state index is 11.9. The SMILES string of the molecule is O=C(O)c1cc(OC(F)F)cc(C(=O)O)c1. The first-order valence-corrected chi connectivity index (χ1v) is 3.96. The van der Waals surface area contributed by atoms with Crippen molar-refractivity contribution in [3.63, 3.8) is 0 Å². The fourth-order valence-corrected chi connectivity index (χ4v) is 1.02. The monoisotopic (exact) mass is 232 g/mol. The van der Waals surface area contributed by atoms with Crippen LogP contribution in [0.5, 0.6) is 5.75 Å². The molecule has 1 aromatic rings. The lowest BCUT2D eigenvalue weighted by atomic mass is 10.1. The molecule has 5 nitrogen and oxygen atoms in total. The number of carboxylic acids is 2. The van der Waals surface area contributed by atoms with Gasteiger partial charge in [0.05, 0.1) is 11.1 Å². The fourth-order valence-electron chi connectivity index (χ4n) is 1.02. The first-order chi connectivity index (χ1) is 7.40. The van der Waals surface area contributed by atoms with Crippen molar-refractivity contribution in [3.8, 4) is 5.75 Å². The first kappa shape index (κ1) is 11.9. The maximum Gasteiger partial charge on any atom is 0.387 e. The van der Waals surface area contributed by atoms with Gasteiger partial charge in [-0.25, -0.2) is 9.59 Å². The van der Waals surface area contributed by atoms with Crippen LogP contribution in [0.3, 0.4) is 0 Å². The number of alkyl halides is 2. The fraction of sp³-hybridized carbons (Fsp3) is 0.111. The van der Waals surface area contributed by atoms with E-state index in [0.29, 0.717) is 0 Å². The topological polar surface area (TPSA) is 83.8 Å². The zero-order valence-corrected chi connectivity index (χ0v) is 7.68. The van der Waals surface area contributed by atoms with Gasteiger partial charge in [-0.05, 0) is 18.2 Å². The summed E-state index contributed by atoms with van der Waals surface area (Å²) in [6, 6.07) is 2.49. The Morgan fingerprint density at radius 1 is 1.06 bits per heavy atom. The lowest BCUT2D eigenvalue weighted by molar-refractivity contribution is -0.0499. The molecule has 0 fully saturated rings. The summed E-state index contributed by atoms with van der Waals surface area (Å²) in [5.74, 6) is -3.36. The van der Waals surface area contributed by atoms with Crippen molar-refractivity contribution >= 4 is 11.9 Å². The van der Waals surface area contributed by atoms with Crippen LogP contribution in [0.1, 0.15) is 20.7 Å². The highest BCUT2D eigenvalue weighted by atomic mass is 19.3. The summed E-state index contributed by atoms with van der Waals surface area (Å²) in [6.45, 7) is -3.15. The zero-order valence-electron chi connectivity index (χ0n) is 7.68. The average molecular weight is 232 g/mol. The number of benzene rings is 1. The Hall–Kier alpha value is -2.18. The molecule has 0 aromatic heterocycles. The number of carbonyl (C=O) groups is 2. The maximum atomic E-state index is 11.9. The molecule has 0 amide bonds. The highest BCUT2D eigenvalue weighted by molar-refractivity contribution is 5.94. The molecule has 0 aliphatic rings. The molecule has 86 valence electrons. The van der Waals surface area contributed by atoms with E-state index in [1.807, 2.05) is 0 Å².